The minimum absolute atomic E-state index is 0.0552. The number of rotatable bonds is 19. The Labute approximate surface area is 426 Å². The Morgan fingerprint density at radius 1 is 0.806 bits per heavy atom. The maximum Gasteiger partial charge on any atom is 0.410 e. The number of nitrogens with zero attached hydrogens (tertiary/aromatic N) is 4. The lowest BCUT2D eigenvalue weighted by molar-refractivity contribution is -1.08. The average molecular weight is 1020 g/mol. The molecule has 8 rings (SSSR count). The lowest BCUT2D eigenvalue weighted by Gasteiger charge is -2.32. The van der Waals surface area contributed by atoms with Crippen molar-refractivity contribution in [1.82, 2.24) is 4.90 Å². The highest BCUT2D eigenvalue weighted by atomic mass is 32.2. The minimum atomic E-state index is -4.41. The Morgan fingerprint density at radius 3 is 2.08 bits per heavy atom. The molecule has 4 aromatic rings. The summed E-state index contributed by atoms with van der Waals surface area (Å²) in [6, 6.07) is 25.2. The van der Waals surface area contributed by atoms with Crippen LogP contribution in [0.25, 0.3) is 21.5 Å². The van der Waals surface area contributed by atoms with Crippen LogP contribution >= 0.6 is 0 Å². The minimum Gasteiger partial charge on any atom is -0.748 e. The van der Waals surface area contributed by atoms with Crippen LogP contribution in [0.4, 0.5) is 16.2 Å². The molecule has 4 aromatic carbocycles. The molecule has 14 nitrogen and oxygen atoms in total. The van der Waals surface area contributed by atoms with Crippen molar-refractivity contribution < 1.29 is 54.4 Å². The number of carbonyl (C=O) groups excluding carboxylic acids is 1. The summed E-state index contributed by atoms with van der Waals surface area (Å²) in [6.45, 7) is 19.2. The second kappa shape index (κ2) is 21.3. The first-order chi connectivity index (χ1) is 34.3. The summed E-state index contributed by atoms with van der Waals surface area (Å²) in [5.41, 5.74) is 9.11. The van der Waals surface area contributed by atoms with Gasteiger partial charge in [0, 0.05) is 64.4 Å². The van der Waals surface area contributed by atoms with Gasteiger partial charge in [-0.3, -0.25) is 9.80 Å². The van der Waals surface area contributed by atoms with Gasteiger partial charge in [0.15, 0.2) is 5.71 Å². The number of ether oxygens (including phenoxy) is 1. The SMILES string of the molecule is CC[N+](CC)(CC)OS(=O)(=O)CCCN1C(=CC=C2CCC(C=CC3=[N+](CCCS(=O)(=O)[O-])c4ccc5ccccc5c4C3(C)C)=C2[NH+]2CCN(C(=O)OCCO)CC2)C(C)(C)c2c1ccc1ccccc21. The smallest absolute Gasteiger partial charge is 0.410 e. The number of amides is 1. The number of quaternary nitrogens is 2. The van der Waals surface area contributed by atoms with Gasteiger partial charge in [-0.25, -0.2) is 13.2 Å². The Kier molecular flexibility index (Phi) is 15.7. The monoisotopic (exact) mass is 1020 g/mol. The molecule has 386 valence electrons. The molecule has 3 aliphatic heterocycles. The first kappa shape index (κ1) is 53.1. The van der Waals surface area contributed by atoms with Gasteiger partial charge in [-0.1, -0.05) is 78.8 Å². The van der Waals surface area contributed by atoms with Crippen molar-refractivity contribution in [2.75, 3.05) is 88.5 Å². The van der Waals surface area contributed by atoms with Crippen molar-refractivity contribution in [2.24, 2.45) is 0 Å². The number of benzene rings is 4. The van der Waals surface area contributed by atoms with Crippen molar-refractivity contribution in [3.05, 3.63) is 131 Å². The topological polar surface area (TPSA) is 161 Å². The Bertz CT molecular complexity index is 3100. The number of fused-ring (bicyclic) bond motifs is 6. The van der Waals surface area contributed by atoms with Gasteiger partial charge in [-0.05, 0) is 105 Å². The fourth-order valence-corrected chi connectivity index (χ4v) is 13.6. The number of nitrogens with one attached hydrogen (secondary N) is 1. The third kappa shape index (κ3) is 10.7. The zero-order valence-corrected chi connectivity index (χ0v) is 44.7. The van der Waals surface area contributed by atoms with Crippen LogP contribution in [0.15, 0.2) is 120 Å². The van der Waals surface area contributed by atoms with E-state index in [1.807, 2.05) is 39.0 Å². The standard InChI is InChI=1S/C56H72N5O9S2/c1-8-61(9-2,10-3)70-72(67,68)40-16-32-60-48-28-24-42-18-12-14-20-46(42)52(48)56(6,7)50(60)30-26-44-22-21-43(53(44)57-33-35-58(36-34-57)54(63)69-38-37-62)25-29-49-55(4,5)51-45-19-13-11-17-41(45)23-27-47(51)59(49)31-15-39-71(64,65)66/h11-14,17-20,23-30,62H,8-10,15-16,21-22,31-40H2,1-7H3/q+1/p+1. The second-order valence-corrected chi connectivity index (χ2v) is 23.7. The molecule has 1 amide bonds. The van der Waals surface area contributed by atoms with Crippen LogP contribution in [-0.2, 0) is 40.1 Å². The van der Waals surface area contributed by atoms with Crippen LogP contribution in [0.3, 0.4) is 0 Å². The molecule has 4 aliphatic rings. The highest BCUT2D eigenvalue weighted by Crippen LogP contribution is 2.51. The third-order valence-corrected chi connectivity index (χ3v) is 17.7. The fourth-order valence-electron chi connectivity index (χ4n) is 11.8. The lowest BCUT2D eigenvalue weighted by Crippen LogP contribution is -3.13. The molecule has 1 saturated heterocycles. The van der Waals surface area contributed by atoms with E-state index in [2.05, 4.69) is 116 Å². The van der Waals surface area contributed by atoms with Crippen LogP contribution in [0.1, 0.15) is 85.3 Å². The van der Waals surface area contributed by atoms with Crippen molar-refractivity contribution >= 4 is 65.0 Å². The van der Waals surface area contributed by atoms with E-state index in [9.17, 15) is 31.3 Å². The molecular formula is C56H73N5O9S2+2. The summed E-state index contributed by atoms with van der Waals surface area (Å²) in [4.78, 5) is 18.2. The van der Waals surface area contributed by atoms with Crippen LogP contribution < -0.4 is 9.80 Å². The molecule has 3 heterocycles. The average Bonchev–Trinajstić information content (AvgIpc) is 3.94. The van der Waals surface area contributed by atoms with Gasteiger partial charge in [0.25, 0.3) is 0 Å². The number of hydrogen-bond donors (Lipinski definition) is 2. The van der Waals surface area contributed by atoms with Crippen molar-refractivity contribution in [3.8, 4) is 0 Å². The van der Waals surface area contributed by atoms with Crippen LogP contribution in [0.5, 0.6) is 0 Å². The molecule has 16 heteroatoms. The van der Waals surface area contributed by atoms with Crippen molar-refractivity contribution in [2.45, 2.75) is 85.0 Å². The molecule has 0 atom stereocenters. The predicted molar refractivity (Wildman–Crippen MR) is 284 cm³/mol. The van der Waals surface area contributed by atoms with Crippen LogP contribution in [-0.4, -0.2) is 136 Å². The van der Waals surface area contributed by atoms with Gasteiger partial charge in [0.1, 0.15) is 38.5 Å². The molecule has 0 saturated carbocycles. The van der Waals surface area contributed by atoms with Crippen LogP contribution in [0.2, 0.25) is 0 Å². The summed E-state index contributed by atoms with van der Waals surface area (Å²) in [5.74, 6) is -0.565. The Morgan fingerprint density at radius 2 is 1.44 bits per heavy atom. The molecule has 0 unspecified atom stereocenters. The van der Waals surface area contributed by atoms with Crippen molar-refractivity contribution in [3.63, 3.8) is 0 Å². The van der Waals surface area contributed by atoms with E-state index in [-0.39, 0.29) is 30.0 Å². The van der Waals surface area contributed by atoms with E-state index in [0.29, 0.717) is 65.3 Å². The first-order valence-electron chi connectivity index (χ1n) is 25.7. The summed E-state index contributed by atoms with van der Waals surface area (Å²) in [7, 11) is -8.24. The molecule has 1 fully saturated rings. The van der Waals surface area contributed by atoms with E-state index < -0.39 is 42.9 Å². The van der Waals surface area contributed by atoms with E-state index in [1.165, 1.54) is 27.3 Å². The largest absolute Gasteiger partial charge is 0.748 e. The molecule has 0 spiro atoms. The van der Waals surface area contributed by atoms with E-state index in [0.717, 1.165) is 62.7 Å². The first-order valence-corrected chi connectivity index (χ1v) is 28.8. The highest BCUT2D eigenvalue weighted by Gasteiger charge is 2.46. The zero-order valence-electron chi connectivity index (χ0n) is 43.1. The number of carbonyl (C=O) groups is 1. The van der Waals surface area contributed by atoms with Gasteiger partial charge in [0.05, 0.1) is 54.1 Å². The van der Waals surface area contributed by atoms with Gasteiger partial charge in [-0.15, -0.1) is 0 Å². The number of allylic oxidation sites excluding steroid dienone is 7. The van der Waals surface area contributed by atoms with Crippen molar-refractivity contribution in [1.29, 1.82) is 0 Å². The number of hydrogen-bond acceptors (Lipinski definition) is 10. The normalized spacial score (nSPS) is 19.5. The summed E-state index contributed by atoms with van der Waals surface area (Å²) >= 11 is 0. The van der Waals surface area contributed by atoms with Gasteiger partial charge in [-0.2, -0.15) is 17.6 Å². The molecule has 2 N–H and O–H groups in total. The number of aliphatic hydroxyl groups excluding tert-OH is 1. The fraction of sp³-hybridized carbons (Fsp3) is 0.464. The number of hydroxylamine groups is 3. The number of anilines is 1. The van der Waals surface area contributed by atoms with Gasteiger partial charge < -0.3 is 19.3 Å². The molecule has 72 heavy (non-hydrogen) atoms. The maximum absolute atomic E-state index is 13.6. The quantitative estimate of drug-likeness (QED) is 0.0420. The summed E-state index contributed by atoms with van der Waals surface area (Å²) < 4.78 is 76.0. The van der Waals surface area contributed by atoms with Gasteiger partial charge in [0.2, 0.25) is 5.69 Å². The molecular weight excluding hydrogens is 951 g/mol. The second-order valence-electron chi connectivity index (χ2n) is 20.5. The third-order valence-electron chi connectivity index (χ3n) is 15.5. The van der Waals surface area contributed by atoms with Gasteiger partial charge >= 0.3 is 16.2 Å². The molecule has 0 bridgehead atoms. The predicted octanol–water partition coefficient (Wildman–Crippen LogP) is 7.37. The molecule has 0 aromatic heterocycles. The van der Waals surface area contributed by atoms with E-state index >= 15 is 0 Å². The zero-order chi connectivity index (χ0) is 51.6. The van der Waals surface area contributed by atoms with Crippen LogP contribution in [0, 0.1) is 0 Å². The summed E-state index contributed by atoms with van der Waals surface area (Å²) in [5, 5.41) is 13.9. The number of piperazine rings is 1. The highest BCUT2D eigenvalue weighted by molar-refractivity contribution is 7.86. The molecule has 1 aliphatic carbocycles. The van der Waals surface area contributed by atoms with E-state index in [4.69, 9.17) is 9.02 Å². The number of aliphatic hydroxyl groups is 1. The van der Waals surface area contributed by atoms with E-state index in [1.54, 1.807) is 4.90 Å². The lowest BCUT2D eigenvalue weighted by atomic mass is 9.79. The Balaban J connectivity index is 1.20. The Hall–Kier alpha value is -5.20. The summed E-state index contributed by atoms with van der Waals surface area (Å²) in [6.07, 6.45) is 10.6. The molecule has 0 radical (unpaired) electrons. The maximum atomic E-state index is 13.6.